The van der Waals surface area contributed by atoms with Crippen LogP contribution in [0.4, 0.5) is 5.69 Å². The van der Waals surface area contributed by atoms with Gasteiger partial charge in [-0.1, -0.05) is 72.8 Å². The summed E-state index contributed by atoms with van der Waals surface area (Å²) in [6.07, 6.45) is 0.502. The third-order valence-corrected chi connectivity index (χ3v) is 8.33. The largest absolute Gasteiger partial charge is 0.384 e. The first-order valence-electron chi connectivity index (χ1n) is 12.5. The maximum absolute atomic E-state index is 13.5. The molecule has 1 aromatic heterocycles. The molecule has 4 aromatic carbocycles. The Morgan fingerprint density at radius 3 is 2.10 bits per heavy atom. The molecule has 0 atom stereocenters. The number of fused-ring (bicyclic) bond motifs is 1. The van der Waals surface area contributed by atoms with Gasteiger partial charge >= 0.3 is 0 Å². The summed E-state index contributed by atoms with van der Waals surface area (Å²) in [5.74, 6) is 0.00391. The third-order valence-electron chi connectivity index (χ3n) is 6.54. The number of rotatable bonds is 10. The number of nitrogens with zero attached hydrogens (tertiary/aromatic N) is 3. The minimum Gasteiger partial charge on any atom is -0.384 e. The number of amides is 1. The number of nitrogen functional groups attached to an aromatic ring is 1. The second-order valence-corrected chi connectivity index (χ2v) is 11.2. The van der Waals surface area contributed by atoms with Crippen LogP contribution in [-0.4, -0.2) is 36.3 Å². The Bertz CT molecular complexity index is 1790. The van der Waals surface area contributed by atoms with Gasteiger partial charge in [0.05, 0.1) is 21.6 Å². The number of anilines is 1. The molecule has 0 fully saturated rings. The molecular formula is C30H29ClN6O3S. The van der Waals surface area contributed by atoms with E-state index < -0.39 is 22.5 Å². The standard InChI is InChI=1S/C30H28N6O3S.ClH/c31-28(37)20-36(40(38,39)25-9-5-2-6-10-25)24-15-16-27-26(18-24)34-29(35(27)19-22-7-3-1-4-8-22)17-21-11-13-23(14-12-21)30(32)33;/h1-16,18H,17,19-20H2,(H2,31,37)(H3,32,33);1H. The molecule has 0 spiro atoms. The summed E-state index contributed by atoms with van der Waals surface area (Å²) in [5.41, 5.74) is 15.5. The lowest BCUT2D eigenvalue weighted by molar-refractivity contribution is -0.116. The Kier molecular flexibility index (Phi) is 8.75. The van der Waals surface area contributed by atoms with Crippen molar-refractivity contribution >= 4 is 50.9 Å². The molecule has 5 rings (SSSR count). The maximum Gasteiger partial charge on any atom is 0.264 e. The predicted octanol–water partition coefficient (Wildman–Crippen LogP) is 4.06. The van der Waals surface area contributed by atoms with Crippen LogP contribution in [0.2, 0.25) is 0 Å². The van der Waals surface area contributed by atoms with Crippen molar-refractivity contribution in [3.63, 3.8) is 0 Å². The number of benzene rings is 4. The second-order valence-electron chi connectivity index (χ2n) is 9.35. The van der Waals surface area contributed by atoms with Gasteiger partial charge < -0.3 is 16.0 Å². The molecule has 0 aliphatic heterocycles. The molecule has 5 N–H and O–H groups in total. The summed E-state index contributed by atoms with van der Waals surface area (Å²) < 4.78 is 30.1. The quantitative estimate of drug-likeness (QED) is 0.166. The molecule has 0 saturated heterocycles. The van der Waals surface area contributed by atoms with Crippen LogP contribution in [0.15, 0.2) is 108 Å². The normalized spacial score (nSPS) is 11.1. The van der Waals surface area contributed by atoms with Gasteiger partial charge in [-0.3, -0.25) is 14.5 Å². The fraction of sp³-hybridized carbons (Fsp3) is 0.100. The minimum atomic E-state index is -4.06. The van der Waals surface area contributed by atoms with Crippen molar-refractivity contribution in [2.75, 3.05) is 10.8 Å². The van der Waals surface area contributed by atoms with E-state index in [1.54, 1.807) is 42.5 Å². The molecule has 0 aliphatic carbocycles. The molecule has 11 heteroatoms. The summed E-state index contributed by atoms with van der Waals surface area (Å²) in [6.45, 7) is 0.0493. The number of carbonyl (C=O) groups excluding carboxylic acids is 1. The average molecular weight is 589 g/mol. The SMILES string of the molecule is Cl.N=C(N)c1ccc(Cc2nc3cc(N(CC(N)=O)S(=O)(=O)c4ccccc4)ccc3n2Cc2ccccc2)cc1. The minimum absolute atomic E-state index is 0. The topological polar surface area (TPSA) is 148 Å². The smallest absolute Gasteiger partial charge is 0.264 e. The van der Waals surface area contributed by atoms with E-state index in [-0.39, 0.29) is 28.8 Å². The van der Waals surface area contributed by atoms with Crippen molar-refractivity contribution in [1.29, 1.82) is 5.41 Å². The Labute approximate surface area is 244 Å². The highest BCUT2D eigenvalue weighted by molar-refractivity contribution is 7.92. The fourth-order valence-corrected chi connectivity index (χ4v) is 6.01. The summed E-state index contributed by atoms with van der Waals surface area (Å²) >= 11 is 0. The van der Waals surface area contributed by atoms with Gasteiger partial charge in [-0.2, -0.15) is 0 Å². The average Bonchev–Trinajstić information content (AvgIpc) is 3.28. The van der Waals surface area contributed by atoms with E-state index in [4.69, 9.17) is 21.9 Å². The van der Waals surface area contributed by atoms with Crippen LogP contribution >= 0.6 is 12.4 Å². The van der Waals surface area contributed by atoms with Crippen LogP contribution in [0.25, 0.3) is 11.0 Å². The number of aromatic nitrogens is 2. The van der Waals surface area contributed by atoms with Gasteiger partial charge in [0.2, 0.25) is 5.91 Å². The van der Waals surface area contributed by atoms with E-state index >= 15 is 0 Å². The Morgan fingerprint density at radius 1 is 0.854 bits per heavy atom. The number of halogens is 1. The molecule has 0 aliphatic rings. The van der Waals surface area contributed by atoms with Gasteiger partial charge in [0.25, 0.3) is 10.0 Å². The summed E-state index contributed by atoms with van der Waals surface area (Å²) in [7, 11) is -4.06. The summed E-state index contributed by atoms with van der Waals surface area (Å²) in [4.78, 5) is 16.9. The second kappa shape index (κ2) is 12.2. The van der Waals surface area contributed by atoms with Gasteiger partial charge in [-0.05, 0) is 41.5 Å². The number of nitrogens with one attached hydrogen (secondary N) is 1. The number of imidazole rings is 1. The van der Waals surface area contributed by atoms with E-state index in [0.29, 0.717) is 24.0 Å². The Morgan fingerprint density at radius 2 is 1.49 bits per heavy atom. The molecule has 5 aromatic rings. The lowest BCUT2D eigenvalue weighted by atomic mass is 10.1. The number of carbonyl (C=O) groups is 1. The molecular weight excluding hydrogens is 560 g/mol. The Hall–Kier alpha value is -4.67. The molecule has 41 heavy (non-hydrogen) atoms. The highest BCUT2D eigenvalue weighted by Gasteiger charge is 2.27. The molecule has 1 amide bonds. The van der Waals surface area contributed by atoms with Crippen LogP contribution in [0.1, 0.15) is 22.5 Å². The van der Waals surface area contributed by atoms with Gasteiger partial charge in [0, 0.05) is 18.5 Å². The monoisotopic (exact) mass is 588 g/mol. The van der Waals surface area contributed by atoms with Crippen LogP contribution in [0, 0.1) is 5.41 Å². The summed E-state index contributed by atoms with van der Waals surface area (Å²) in [5, 5.41) is 7.64. The fourth-order valence-electron chi connectivity index (χ4n) is 4.56. The lowest BCUT2D eigenvalue weighted by Crippen LogP contribution is -2.38. The van der Waals surface area contributed by atoms with E-state index in [1.165, 1.54) is 12.1 Å². The highest BCUT2D eigenvalue weighted by Crippen LogP contribution is 2.29. The van der Waals surface area contributed by atoms with E-state index in [2.05, 4.69) is 4.57 Å². The number of sulfonamides is 1. The van der Waals surface area contributed by atoms with Gasteiger partial charge in [-0.25, -0.2) is 13.4 Å². The number of amidine groups is 1. The molecule has 1 heterocycles. The Balaban J connectivity index is 0.00000387. The van der Waals surface area contributed by atoms with Crippen LogP contribution in [-0.2, 0) is 27.8 Å². The van der Waals surface area contributed by atoms with Crippen molar-refractivity contribution in [2.24, 2.45) is 11.5 Å². The third kappa shape index (κ3) is 6.40. The van der Waals surface area contributed by atoms with Crippen molar-refractivity contribution in [3.05, 3.63) is 126 Å². The van der Waals surface area contributed by atoms with Gasteiger partial charge in [0.15, 0.2) is 0 Å². The van der Waals surface area contributed by atoms with Crippen LogP contribution in [0.3, 0.4) is 0 Å². The van der Waals surface area contributed by atoms with E-state index in [0.717, 1.165) is 26.8 Å². The molecule has 0 bridgehead atoms. The van der Waals surface area contributed by atoms with E-state index in [9.17, 15) is 13.2 Å². The zero-order valence-electron chi connectivity index (χ0n) is 22.0. The molecule has 0 radical (unpaired) electrons. The number of primary amides is 1. The highest BCUT2D eigenvalue weighted by atomic mass is 35.5. The lowest BCUT2D eigenvalue weighted by Gasteiger charge is -2.23. The molecule has 0 unspecified atom stereocenters. The van der Waals surface area contributed by atoms with Crippen molar-refractivity contribution in [1.82, 2.24) is 9.55 Å². The molecule has 9 nitrogen and oxygen atoms in total. The van der Waals surface area contributed by atoms with E-state index in [1.807, 2.05) is 48.5 Å². The predicted molar refractivity (Wildman–Crippen MR) is 163 cm³/mol. The van der Waals surface area contributed by atoms with Crippen molar-refractivity contribution in [2.45, 2.75) is 17.9 Å². The first-order valence-corrected chi connectivity index (χ1v) is 14.0. The molecule has 0 saturated carbocycles. The first kappa shape index (κ1) is 29.3. The van der Waals surface area contributed by atoms with Crippen molar-refractivity contribution in [3.8, 4) is 0 Å². The summed E-state index contributed by atoms with van der Waals surface area (Å²) in [6, 6.07) is 30.5. The van der Waals surface area contributed by atoms with Gasteiger partial charge in [-0.15, -0.1) is 12.4 Å². The maximum atomic E-state index is 13.5. The number of hydrogen-bond donors (Lipinski definition) is 3. The molecule has 210 valence electrons. The van der Waals surface area contributed by atoms with Gasteiger partial charge in [0.1, 0.15) is 18.2 Å². The van der Waals surface area contributed by atoms with Crippen LogP contribution < -0.4 is 15.8 Å². The number of hydrogen-bond acceptors (Lipinski definition) is 5. The zero-order chi connectivity index (χ0) is 28.3. The van der Waals surface area contributed by atoms with Crippen LogP contribution in [0.5, 0.6) is 0 Å². The first-order chi connectivity index (χ1) is 19.2. The van der Waals surface area contributed by atoms with Crippen molar-refractivity contribution < 1.29 is 13.2 Å². The zero-order valence-corrected chi connectivity index (χ0v) is 23.6. The number of nitrogens with two attached hydrogens (primary N) is 2.